The maximum absolute atomic E-state index is 9.63. The van der Waals surface area contributed by atoms with E-state index in [1.54, 1.807) is 12.1 Å². The standard InChI is InChI=1S/C13H14Cl2N2O/c1-17(2)13(8-16)4-3-5-18-12-10(13)6-9(14)7-11(12)15/h6-7H,3-5H2,1-2H3. The quantitative estimate of drug-likeness (QED) is 0.793. The van der Waals surface area contributed by atoms with Crippen molar-refractivity contribution >= 4 is 23.2 Å². The van der Waals surface area contributed by atoms with Crippen LogP contribution in [0.25, 0.3) is 0 Å². The summed E-state index contributed by atoms with van der Waals surface area (Å²) >= 11 is 12.2. The third-order valence-electron chi connectivity index (χ3n) is 3.33. The van der Waals surface area contributed by atoms with Gasteiger partial charge in [-0.2, -0.15) is 5.26 Å². The van der Waals surface area contributed by atoms with Gasteiger partial charge >= 0.3 is 0 Å². The third kappa shape index (κ3) is 2.05. The van der Waals surface area contributed by atoms with Crippen LogP contribution in [-0.4, -0.2) is 25.6 Å². The number of hydrogen-bond donors (Lipinski definition) is 0. The first-order valence-corrected chi connectivity index (χ1v) is 6.48. The second kappa shape index (κ2) is 4.97. The minimum Gasteiger partial charge on any atom is -0.492 e. The van der Waals surface area contributed by atoms with Crippen LogP contribution < -0.4 is 4.74 Å². The van der Waals surface area contributed by atoms with E-state index in [0.717, 1.165) is 12.0 Å². The zero-order valence-electron chi connectivity index (χ0n) is 10.3. The van der Waals surface area contributed by atoms with Crippen molar-refractivity contribution in [1.82, 2.24) is 4.90 Å². The van der Waals surface area contributed by atoms with E-state index in [2.05, 4.69) is 6.07 Å². The number of nitrogens with zero attached hydrogens (tertiary/aromatic N) is 2. The fourth-order valence-electron chi connectivity index (χ4n) is 2.33. The van der Waals surface area contributed by atoms with Gasteiger partial charge in [-0.15, -0.1) is 0 Å². The lowest BCUT2D eigenvalue weighted by Gasteiger charge is -2.33. The van der Waals surface area contributed by atoms with Crippen molar-refractivity contribution in [2.24, 2.45) is 0 Å². The second-order valence-electron chi connectivity index (χ2n) is 4.58. The van der Waals surface area contributed by atoms with Gasteiger partial charge in [0.15, 0.2) is 0 Å². The van der Waals surface area contributed by atoms with Crippen LogP contribution in [0.15, 0.2) is 12.1 Å². The highest BCUT2D eigenvalue weighted by atomic mass is 35.5. The Labute approximate surface area is 117 Å². The Bertz CT molecular complexity index is 510. The molecule has 1 aliphatic rings. The van der Waals surface area contributed by atoms with Crippen LogP contribution in [0.3, 0.4) is 0 Å². The monoisotopic (exact) mass is 284 g/mol. The molecule has 1 unspecified atom stereocenters. The van der Waals surface area contributed by atoms with Gasteiger partial charge in [0.05, 0.1) is 17.7 Å². The predicted octanol–water partition coefficient (Wildman–Crippen LogP) is 3.45. The largest absolute Gasteiger partial charge is 0.492 e. The molecular weight excluding hydrogens is 271 g/mol. The van der Waals surface area contributed by atoms with Crippen molar-refractivity contribution in [2.75, 3.05) is 20.7 Å². The topological polar surface area (TPSA) is 36.3 Å². The second-order valence-corrected chi connectivity index (χ2v) is 5.43. The third-order valence-corrected chi connectivity index (χ3v) is 3.83. The number of hydrogen-bond acceptors (Lipinski definition) is 3. The zero-order valence-corrected chi connectivity index (χ0v) is 11.8. The molecule has 1 heterocycles. The maximum atomic E-state index is 9.63. The van der Waals surface area contributed by atoms with E-state index in [1.807, 2.05) is 19.0 Å². The number of halogens is 2. The van der Waals surface area contributed by atoms with E-state index in [4.69, 9.17) is 27.9 Å². The van der Waals surface area contributed by atoms with Gasteiger partial charge in [0, 0.05) is 10.6 Å². The normalized spacial score (nSPS) is 22.9. The molecule has 0 saturated heterocycles. The first-order valence-electron chi connectivity index (χ1n) is 5.72. The molecule has 2 rings (SSSR count). The van der Waals surface area contributed by atoms with Gasteiger partial charge in [-0.1, -0.05) is 23.2 Å². The average Bonchev–Trinajstić information content (AvgIpc) is 2.49. The molecule has 1 aromatic rings. The van der Waals surface area contributed by atoms with Gasteiger partial charge in [0.1, 0.15) is 11.3 Å². The highest BCUT2D eigenvalue weighted by Gasteiger charge is 2.39. The summed E-state index contributed by atoms with van der Waals surface area (Å²) in [5, 5.41) is 10.6. The van der Waals surface area contributed by atoms with Crippen LogP contribution >= 0.6 is 23.2 Å². The van der Waals surface area contributed by atoms with Gasteiger partial charge < -0.3 is 4.74 Å². The van der Waals surface area contributed by atoms with Crippen LogP contribution in [0, 0.1) is 11.3 Å². The lowest BCUT2D eigenvalue weighted by molar-refractivity contribution is 0.202. The van der Waals surface area contributed by atoms with Crippen LogP contribution in [0.1, 0.15) is 18.4 Å². The average molecular weight is 285 g/mol. The van der Waals surface area contributed by atoms with Crippen molar-refractivity contribution < 1.29 is 4.74 Å². The molecule has 1 aliphatic heterocycles. The maximum Gasteiger partial charge on any atom is 0.144 e. The molecule has 0 radical (unpaired) electrons. The molecule has 96 valence electrons. The fourth-order valence-corrected chi connectivity index (χ4v) is 2.88. The van der Waals surface area contributed by atoms with Gasteiger partial charge in [-0.05, 0) is 39.1 Å². The van der Waals surface area contributed by atoms with Gasteiger partial charge in [0.2, 0.25) is 0 Å². The predicted molar refractivity (Wildman–Crippen MR) is 72.2 cm³/mol. The number of nitriles is 1. The molecule has 1 aromatic carbocycles. The van der Waals surface area contributed by atoms with Crippen molar-refractivity contribution in [2.45, 2.75) is 18.4 Å². The summed E-state index contributed by atoms with van der Waals surface area (Å²) in [6.45, 7) is 0.561. The lowest BCUT2D eigenvalue weighted by Crippen LogP contribution is -2.39. The Balaban J connectivity index is 2.71. The van der Waals surface area contributed by atoms with Crippen LogP contribution in [0.5, 0.6) is 5.75 Å². The summed E-state index contributed by atoms with van der Waals surface area (Å²) in [6.07, 6.45) is 1.49. The van der Waals surface area contributed by atoms with Crippen molar-refractivity contribution in [3.05, 3.63) is 27.7 Å². The molecule has 0 spiro atoms. The molecule has 0 fully saturated rings. The highest BCUT2D eigenvalue weighted by Crippen LogP contribution is 2.44. The molecule has 0 N–H and O–H groups in total. The molecular formula is C13H14Cl2N2O. The lowest BCUT2D eigenvalue weighted by atomic mass is 9.85. The fraction of sp³-hybridized carbons (Fsp3) is 0.462. The first kappa shape index (κ1) is 13.5. The summed E-state index contributed by atoms with van der Waals surface area (Å²) in [5.74, 6) is 0.578. The summed E-state index contributed by atoms with van der Waals surface area (Å²) in [6, 6.07) is 5.82. The Morgan fingerprint density at radius 1 is 1.39 bits per heavy atom. The number of rotatable bonds is 1. The van der Waals surface area contributed by atoms with E-state index in [9.17, 15) is 5.26 Å². The number of fused-ring (bicyclic) bond motifs is 1. The van der Waals surface area contributed by atoms with Crippen molar-refractivity contribution in [3.8, 4) is 11.8 Å². The minimum atomic E-state index is -0.736. The molecule has 18 heavy (non-hydrogen) atoms. The van der Waals surface area contributed by atoms with E-state index in [1.165, 1.54) is 0 Å². The molecule has 1 atom stereocenters. The van der Waals surface area contributed by atoms with Crippen molar-refractivity contribution in [1.29, 1.82) is 5.26 Å². The molecule has 0 bridgehead atoms. The highest BCUT2D eigenvalue weighted by molar-refractivity contribution is 6.35. The summed E-state index contributed by atoms with van der Waals surface area (Å²) < 4.78 is 5.67. The summed E-state index contributed by atoms with van der Waals surface area (Å²) in [4.78, 5) is 1.90. The Morgan fingerprint density at radius 3 is 2.72 bits per heavy atom. The van der Waals surface area contributed by atoms with Crippen molar-refractivity contribution in [3.63, 3.8) is 0 Å². The number of benzene rings is 1. The van der Waals surface area contributed by atoms with E-state index in [-0.39, 0.29) is 0 Å². The molecule has 3 nitrogen and oxygen atoms in total. The molecule has 0 aliphatic carbocycles. The molecule has 0 saturated carbocycles. The SMILES string of the molecule is CN(C)C1(C#N)CCCOc2c(Cl)cc(Cl)cc21. The van der Waals surface area contributed by atoms with Crippen LogP contribution in [-0.2, 0) is 5.54 Å². The zero-order chi connectivity index (χ0) is 13.3. The van der Waals surface area contributed by atoms with E-state index in [0.29, 0.717) is 28.8 Å². The van der Waals surface area contributed by atoms with Gasteiger partial charge in [0.25, 0.3) is 0 Å². The van der Waals surface area contributed by atoms with Gasteiger partial charge in [-0.3, -0.25) is 4.90 Å². The molecule has 5 heteroatoms. The molecule has 0 aromatic heterocycles. The van der Waals surface area contributed by atoms with E-state index < -0.39 is 5.54 Å². The summed E-state index contributed by atoms with van der Waals surface area (Å²) in [7, 11) is 3.76. The Kier molecular flexibility index (Phi) is 3.72. The summed E-state index contributed by atoms with van der Waals surface area (Å²) in [5.41, 5.74) is 0.0189. The smallest absolute Gasteiger partial charge is 0.144 e. The Morgan fingerprint density at radius 2 is 2.11 bits per heavy atom. The molecule has 0 amide bonds. The Hall–Kier alpha value is -0.950. The van der Waals surface area contributed by atoms with Gasteiger partial charge in [-0.25, -0.2) is 0 Å². The first-order chi connectivity index (χ1) is 8.51. The minimum absolute atomic E-state index is 0.459. The van der Waals surface area contributed by atoms with E-state index >= 15 is 0 Å². The van der Waals surface area contributed by atoms with Crippen LogP contribution in [0.4, 0.5) is 0 Å². The number of ether oxygens (including phenoxy) is 1. The van der Waals surface area contributed by atoms with Crippen LogP contribution in [0.2, 0.25) is 10.0 Å².